The quantitative estimate of drug-likeness (QED) is 0.646. The Morgan fingerprint density at radius 3 is 2.57 bits per heavy atom. The van der Waals surface area contributed by atoms with Crippen molar-refractivity contribution in [3.63, 3.8) is 0 Å². The summed E-state index contributed by atoms with van der Waals surface area (Å²) in [7, 11) is -3.68. The molecule has 10 heteroatoms. The molecule has 0 bridgehead atoms. The van der Waals surface area contributed by atoms with Crippen LogP contribution in [0.1, 0.15) is 16.8 Å². The Kier molecular flexibility index (Phi) is 7.64. The Balaban J connectivity index is 0.00000280. The lowest BCUT2D eigenvalue weighted by molar-refractivity contribution is 0.102. The first-order valence-electron chi connectivity index (χ1n) is 8.50. The number of nitrogens with two attached hydrogens (primary N) is 1. The van der Waals surface area contributed by atoms with E-state index in [1.54, 1.807) is 30.3 Å². The fourth-order valence-corrected chi connectivity index (χ4v) is 3.62. The first kappa shape index (κ1) is 22.0. The van der Waals surface area contributed by atoms with Gasteiger partial charge in [0, 0.05) is 30.8 Å². The van der Waals surface area contributed by atoms with E-state index in [9.17, 15) is 13.2 Å². The zero-order valence-corrected chi connectivity index (χ0v) is 16.6. The lowest BCUT2D eigenvalue weighted by atomic mass is 10.2. The minimum absolute atomic E-state index is 0. The molecule has 0 spiro atoms. The van der Waals surface area contributed by atoms with Crippen LogP contribution in [0.4, 0.5) is 5.69 Å². The number of halogens is 1. The summed E-state index contributed by atoms with van der Waals surface area (Å²) in [4.78, 5) is 12.6. The topological polar surface area (TPSA) is 120 Å². The van der Waals surface area contributed by atoms with Crippen LogP contribution < -0.4 is 25.2 Å². The molecule has 0 aliphatic carbocycles. The number of carbonyl (C=O) groups excluding carboxylic acids is 1. The monoisotopic (exact) mass is 427 g/mol. The van der Waals surface area contributed by atoms with E-state index in [0.29, 0.717) is 36.0 Å². The van der Waals surface area contributed by atoms with Crippen LogP contribution in [-0.2, 0) is 10.0 Å². The van der Waals surface area contributed by atoms with Gasteiger partial charge in [-0.1, -0.05) is 6.07 Å². The molecule has 0 saturated heterocycles. The number of ether oxygens (including phenoxy) is 2. The van der Waals surface area contributed by atoms with Crippen LogP contribution in [0.5, 0.6) is 11.5 Å². The smallest absolute Gasteiger partial charge is 0.255 e. The first-order chi connectivity index (χ1) is 13.0. The summed E-state index contributed by atoms with van der Waals surface area (Å²) in [6.45, 7) is 1.42. The molecule has 2 aromatic rings. The summed E-state index contributed by atoms with van der Waals surface area (Å²) >= 11 is 0. The molecular formula is C18H22ClN3O5S. The third-order valence-electron chi connectivity index (χ3n) is 3.85. The SMILES string of the molecule is Cl.NCCNS(=O)(=O)c1cccc(NC(=O)c2ccc3c(c2)OCCCO3)c1. The van der Waals surface area contributed by atoms with Crippen molar-refractivity contribution in [3.05, 3.63) is 48.0 Å². The van der Waals surface area contributed by atoms with Gasteiger partial charge in [-0.2, -0.15) is 0 Å². The van der Waals surface area contributed by atoms with Gasteiger partial charge in [0.15, 0.2) is 11.5 Å². The fraction of sp³-hybridized carbons (Fsp3) is 0.278. The Hall–Kier alpha value is -2.33. The molecule has 0 saturated carbocycles. The molecule has 3 rings (SSSR count). The van der Waals surface area contributed by atoms with Gasteiger partial charge in [-0.25, -0.2) is 13.1 Å². The number of amides is 1. The van der Waals surface area contributed by atoms with Crippen molar-refractivity contribution < 1.29 is 22.7 Å². The summed E-state index contributed by atoms with van der Waals surface area (Å²) in [5.74, 6) is 0.737. The Bertz CT molecular complexity index is 937. The number of hydrogen-bond acceptors (Lipinski definition) is 6. The Morgan fingerprint density at radius 2 is 1.82 bits per heavy atom. The van der Waals surface area contributed by atoms with Crippen molar-refractivity contribution >= 4 is 34.0 Å². The molecule has 2 aromatic carbocycles. The number of anilines is 1. The van der Waals surface area contributed by atoms with Gasteiger partial charge in [-0.05, 0) is 36.4 Å². The van der Waals surface area contributed by atoms with E-state index in [2.05, 4.69) is 10.0 Å². The van der Waals surface area contributed by atoms with Gasteiger partial charge in [0.25, 0.3) is 5.91 Å². The van der Waals surface area contributed by atoms with E-state index in [1.807, 2.05) is 0 Å². The molecular weight excluding hydrogens is 406 g/mol. The largest absolute Gasteiger partial charge is 0.490 e. The van der Waals surface area contributed by atoms with Crippen LogP contribution in [0.25, 0.3) is 0 Å². The fourth-order valence-electron chi connectivity index (χ4n) is 2.53. The highest BCUT2D eigenvalue weighted by molar-refractivity contribution is 7.89. The number of nitrogens with one attached hydrogen (secondary N) is 2. The lowest BCUT2D eigenvalue weighted by Gasteiger charge is -2.11. The molecule has 0 radical (unpaired) electrons. The zero-order valence-electron chi connectivity index (χ0n) is 15.0. The number of carbonyl (C=O) groups is 1. The zero-order chi connectivity index (χ0) is 19.3. The average molecular weight is 428 g/mol. The Morgan fingerprint density at radius 1 is 1.07 bits per heavy atom. The van der Waals surface area contributed by atoms with E-state index in [4.69, 9.17) is 15.2 Å². The molecule has 0 fully saturated rings. The minimum Gasteiger partial charge on any atom is -0.490 e. The molecule has 1 amide bonds. The van der Waals surface area contributed by atoms with E-state index < -0.39 is 10.0 Å². The maximum atomic E-state index is 12.5. The van der Waals surface area contributed by atoms with Crippen molar-refractivity contribution in [1.82, 2.24) is 4.72 Å². The number of sulfonamides is 1. The second kappa shape index (κ2) is 9.74. The summed E-state index contributed by atoms with van der Waals surface area (Å²) < 4.78 is 37.9. The van der Waals surface area contributed by atoms with Crippen molar-refractivity contribution in [2.24, 2.45) is 5.73 Å². The van der Waals surface area contributed by atoms with Gasteiger partial charge in [0.05, 0.1) is 18.1 Å². The molecule has 8 nitrogen and oxygen atoms in total. The summed E-state index contributed by atoms with van der Waals surface area (Å²) in [5, 5.41) is 2.70. The van der Waals surface area contributed by atoms with Crippen LogP contribution >= 0.6 is 12.4 Å². The van der Waals surface area contributed by atoms with Gasteiger partial charge >= 0.3 is 0 Å². The Labute approximate surface area is 169 Å². The number of rotatable bonds is 6. The van der Waals surface area contributed by atoms with Crippen molar-refractivity contribution in [1.29, 1.82) is 0 Å². The van der Waals surface area contributed by atoms with Crippen molar-refractivity contribution in [2.75, 3.05) is 31.6 Å². The molecule has 4 N–H and O–H groups in total. The predicted molar refractivity (Wildman–Crippen MR) is 108 cm³/mol. The lowest BCUT2D eigenvalue weighted by Crippen LogP contribution is -2.29. The number of benzene rings is 2. The summed E-state index contributed by atoms with van der Waals surface area (Å²) in [6, 6.07) is 10.9. The molecule has 1 aliphatic rings. The molecule has 0 unspecified atom stereocenters. The highest BCUT2D eigenvalue weighted by Crippen LogP contribution is 2.30. The maximum absolute atomic E-state index is 12.5. The van der Waals surface area contributed by atoms with Gasteiger partial charge < -0.3 is 20.5 Å². The van der Waals surface area contributed by atoms with Crippen molar-refractivity contribution in [3.8, 4) is 11.5 Å². The third kappa shape index (κ3) is 5.35. The highest BCUT2D eigenvalue weighted by atomic mass is 35.5. The first-order valence-corrected chi connectivity index (χ1v) is 9.99. The molecule has 0 atom stereocenters. The standard InChI is InChI=1S/C18H21N3O5S.ClH/c19-7-8-20-27(23,24)15-4-1-3-14(12-15)21-18(22)13-5-6-16-17(11-13)26-10-2-9-25-16;/h1,3-6,11-12,20H,2,7-10,19H2,(H,21,22);1H. The van der Waals surface area contributed by atoms with Crippen LogP contribution in [0.2, 0.25) is 0 Å². The number of hydrogen-bond donors (Lipinski definition) is 3. The molecule has 1 aliphatic heterocycles. The van der Waals surface area contributed by atoms with Crippen LogP contribution in [0.3, 0.4) is 0 Å². The molecule has 152 valence electrons. The van der Waals surface area contributed by atoms with E-state index in [0.717, 1.165) is 6.42 Å². The van der Waals surface area contributed by atoms with Crippen LogP contribution in [0, 0.1) is 0 Å². The van der Waals surface area contributed by atoms with Crippen LogP contribution in [-0.4, -0.2) is 40.6 Å². The normalized spacial score (nSPS) is 13.2. The van der Waals surface area contributed by atoms with E-state index in [-0.39, 0.29) is 36.3 Å². The molecule has 28 heavy (non-hydrogen) atoms. The van der Waals surface area contributed by atoms with Gasteiger partial charge in [-0.3, -0.25) is 4.79 Å². The van der Waals surface area contributed by atoms with E-state index in [1.165, 1.54) is 12.1 Å². The second-order valence-electron chi connectivity index (χ2n) is 5.88. The average Bonchev–Trinajstić information content (AvgIpc) is 2.91. The summed E-state index contributed by atoms with van der Waals surface area (Å²) in [5.41, 5.74) is 6.08. The maximum Gasteiger partial charge on any atom is 0.255 e. The second-order valence-corrected chi connectivity index (χ2v) is 7.65. The molecule has 1 heterocycles. The van der Waals surface area contributed by atoms with Gasteiger partial charge in [0.2, 0.25) is 10.0 Å². The molecule has 0 aromatic heterocycles. The van der Waals surface area contributed by atoms with Crippen LogP contribution in [0.15, 0.2) is 47.4 Å². The summed E-state index contributed by atoms with van der Waals surface area (Å²) in [6.07, 6.45) is 0.773. The third-order valence-corrected chi connectivity index (χ3v) is 5.31. The highest BCUT2D eigenvalue weighted by Gasteiger charge is 2.16. The minimum atomic E-state index is -3.68. The van der Waals surface area contributed by atoms with Gasteiger partial charge in [0.1, 0.15) is 0 Å². The van der Waals surface area contributed by atoms with E-state index >= 15 is 0 Å². The van der Waals surface area contributed by atoms with Crippen molar-refractivity contribution in [2.45, 2.75) is 11.3 Å². The predicted octanol–water partition coefficient (Wildman–Crippen LogP) is 1.76. The van der Waals surface area contributed by atoms with Gasteiger partial charge in [-0.15, -0.1) is 12.4 Å². The number of fused-ring (bicyclic) bond motifs is 1.